The Morgan fingerprint density at radius 3 is 2.75 bits per heavy atom. The molecule has 4 heteroatoms. The van der Waals surface area contributed by atoms with Gasteiger partial charge in [-0.15, -0.1) is 0 Å². The lowest BCUT2D eigenvalue weighted by Crippen LogP contribution is -2.37. The summed E-state index contributed by atoms with van der Waals surface area (Å²) in [7, 11) is 0. The number of para-hydroxylation sites is 1. The van der Waals surface area contributed by atoms with Gasteiger partial charge in [0.05, 0.1) is 5.52 Å². The smallest absolute Gasteiger partial charge is 0.270 e. The third kappa shape index (κ3) is 2.90. The zero-order valence-electron chi connectivity index (χ0n) is 12.2. The second-order valence-electron chi connectivity index (χ2n) is 5.26. The summed E-state index contributed by atoms with van der Waals surface area (Å²) in [6, 6.07) is 9.31. The number of anilines is 1. The lowest BCUT2D eigenvalue weighted by molar-refractivity contribution is 0.0923. The minimum atomic E-state index is -0.171. The Balaban J connectivity index is 2.27. The van der Waals surface area contributed by atoms with E-state index in [4.69, 9.17) is 5.73 Å². The number of aromatic nitrogens is 1. The number of amides is 1. The van der Waals surface area contributed by atoms with E-state index >= 15 is 0 Å². The largest absolute Gasteiger partial charge is 0.398 e. The van der Waals surface area contributed by atoms with Gasteiger partial charge in [-0.05, 0) is 25.0 Å². The number of carbonyl (C=O) groups is 1. The Kier molecular flexibility index (Phi) is 4.23. The van der Waals surface area contributed by atoms with E-state index in [9.17, 15) is 4.79 Å². The van der Waals surface area contributed by atoms with Gasteiger partial charge in [-0.2, -0.15) is 0 Å². The van der Waals surface area contributed by atoms with Crippen molar-refractivity contribution in [3.8, 4) is 0 Å². The Hall–Kier alpha value is -2.10. The normalized spacial score (nSPS) is 13.9. The van der Waals surface area contributed by atoms with Crippen LogP contribution in [-0.2, 0) is 0 Å². The van der Waals surface area contributed by atoms with Crippen LogP contribution in [0.3, 0.4) is 0 Å². The molecule has 0 fully saturated rings. The van der Waals surface area contributed by atoms with Crippen LogP contribution in [0.5, 0.6) is 0 Å². The third-order valence-electron chi connectivity index (χ3n) is 3.84. The van der Waals surface area contributed by atoms with Crippen LogP contribution in [0.25, 0.3) is 10.9 Å². The van der Waals surface area contributed by atoms with E-state index in [0.717, 1.165) is 17.3 Å². The van der Waals surface area contributed by atoms with Gasteiger partial charge in [0, 0.05) is 17.1 Å². The number of carbonyl (C=O) groups excluding carboxylic acids is 1. The van der Waals surface area contributed by atoms with E-state index in [1.807, 2.05) is 31.2 Å². The maximum absolute atomic E-state index is 12.2. The number of hydrogen-bond donors (Lipinski definition) is 2. The van der Waals surface area contributed by atoms with E-state index < -0.39 is 0 Å². The van der Waals surface area contributed by atoms with Gasteiger partial charge < -0.3 is 11.1 Å². The molecule has 0 saturated carbocycles. The van der Waals surface area contributed by atoms with Crippen molar-refractivity contribution in [2.45, 2.75) is 33.2 Å². The molecule has 0 bridgehead atoms. The van der Waals surface area contributed by atoms with Gasteiger partial charge in [0.1, 0.15) is 5.69 Å². The standard InChI is InChI=1S/C16H21N3O/c1-4-10(2)11(3)18-16(20)15-9-13(17)12-7-5-6-8-14(12)19-15/h5-11H,4H2,1-3H3,(H2,17,19)(H,18,20). The summed E-state index contributed by atoms with van der Waals surface area (Å²) >= 11 is 0. The number of nitrogen functional groups attached to an aromatic ring is 1. The lowest BCUT2D eigenvalue weighted by atomic mass is 10.0. The van der Waals surface area contributed by atoms with Crippen LogP contribution in [0.2, 0.25) is 0 Å². The molecule has 0 spiro atoms. The maximum atomic E-state index is 12.2. The van der Waals surface area contributed by atoms with E-state index in [2.05, 4.69) is 24.1 Å². The molecule has 0 aliphatic heterocycles. The second kappa shape index (κ2) is 5.90. The van der Waals surface area contributed by atoms with E-state index in [-0.39, 0.29) is 11.9 Å². The van der Waals surface area contributed by atoms with Crippen LogP contribution >= 0.6 is 0 Å². The van der Waals surface area contributed by atoms with Crippen molar-refractivity contribution in [3.05, 3.63) is 36.0 Å². The molecule has 1 aromatic heterocycles. The number of nitrogens with zero attached hydrogens (tertiary/aromatic N) is 1. The number of benzene rings is 1. The van der Waals surface area contributed by atoms with Crippen LogP contribution in [0.1, 0.15) is 37.7 Å². The fourth-order valence-electron chi connectivity index (χ4n) is 2.10. The number of pyridine rings is 1. The van der Waals surface area contributed by atoms with Crippen molar-refractivity contribution in [1.29, 1.82) is 0 Å². The Labute approximate surface area is 119 Å². The van der Waals surface area contributed by atoms with Crippen LogP contribution < -0.4 is 11.1 Å². The van der Waals surface area contributed by atoms with E-state index in [1.165, 1.54) is 0 Å². The van der Waals surface area contributed by atoms with Gasteiger partial charge in [0.2, 0.25) is 0 Å². The molecule has 2 rings (SSSR count). The topological polar surface area (TPSA) is 68.0 Å². The molecule has 0 aliphatic carbocycles. The van der Waals surface area contributed by atoms with Crippen molar-refractivity contribution < 1.29 is 4.79 Å². The lowest BCUT2D eigenvalue weighted by Gasteiger charge is -2.19. The second-order valence-corrected chi connectivity index (χ2v) is 5.26. The predicted molar refractivity (Wildman–Crippen MR) is 82.5 cm³/mol. The molecule has 1 amide bonds. The molecule has 0 saturated heterocycles. The first-order chi connectivity index (χ1) is 9.52. The first-order valence-electron chi connectivity index (χ1n) is 6.99. The fraction of sp³-hybridized carbons (Fsp3) is 0.375. The molecule has 2 atom stereocenters. The quantitative estimate of drug-likeness (QED) is 0.898. The molecule has 3 N–H and O–H groups in total. The van der Waals surface area contributed by atoms with Gasteiger partial charge >= 0.3 is 0 Å². The molecule has 106 valence electrons. The Morgan fingerprint density at radius 2 is 2.05 bits per heavy atom. The number of hydrogen-bond acceptors (Lipinski definition) is 3. The van der Waals surface area contributed by atoms with Crippen molar-refractivity contribution in [2.75, 3.05) is 5.73 Å². The van der Waals surface area contributed by atoms with Crippen LogP contribution in [-0.4, -0.2) is 16.9 Å². The predicted octanol–water partition coefficient (Wildman–Crippen LogP) is 2.98. The summed E-state index contributed by atoms with van der Waals surface area (Å²) in [4.78, 5) is 16.6. The molecular formula is C16H21N3O. The van der Waals surface area contributed by atoms with Crippen molar-refractivity contribution in [1.82, 2.24) is 10.3 Å². The number of nitrogens with two attached hydrogens (primary N) is 1. The molecule has 0 radical (unpaired) electrons. The van der Waals surface area contributed by atoms with Gasteiger partial charge in [-0.3, -0.25) is 4.79 Å². The summed E-state index contributed by atoms with van der Waals surface area (Å²) in [5, 5.41) is 3.86. The van der Waals surface area contributed by atoms with Crippen molar-refractivity contribution in [2.24, 2.45) is 5.92 Å². The highest BCUT2D eigenvalue weighted by Gasteiger charge is 2.16. The summed E-state index contributed by atoms with van der Waals surface area (Å²) in [6.07, 6.45) is 1.02. The van der Waals surface area contributed by atoms with Crippen molar-refractivity contribution >= 4 is 22.5 Å². The highest BCUT2D eigenvalue weighted by atomic mass is 16.1. The minimum Gasteiger partial charge on any atom is -0.398 e. The number of rotatable bonds is 4. The molecule has 1 aromatic carbocycles. The molecule has 2 aromatic rings. The first kappa shape index (κ1) is 14.3. The zero-order valence-corrected chi connectivity index (χ0v) is 12.2. The van der Waals surface area contributed by atoms with Crippen molar-refractivity contribution in [3.63, 3.8) is 0 Å². The van der Waals surface area contributed by atoms with Gasteiger partial charge in [-0.25, -0.2) is 4.98 Å². The fourth-order valence-corrected chi connectivity index (χ4v) is 2.10. The van der Waals surface area contributed by atoms with E-state index in [1.54, 1.807) is 6.07 Å². The van der Waals surface area contributed by atoms with Crippen LogP contribution in [0.4, 0.5) is 5.69 Å². The monoisotopic (exact) mass is 271 g/mol. The summed E-state index contributed by atoms with van der Waals surface area (Å²) in [5.74, 6) is 0.256. The average molecular weight is 271 g/mol. The third-order valence-corrected chi connectivity index (χ3v) is 3.84. The Bertz CT molecular complexity index is 624. The van der Waals surface area contributed by atoms with Gasteiger partial charge in [0.25, 0.3) is 5.91 Å². The van der Waals surface area contributed by atoms with Crippen LogP contribution in [0.15, 0.2) is 30.3 Å². The Morgan fingerprint density at radius 1 is 1.35 bits per heavy atom. The molecule has 4 nitrogen and oxygen atoms in total. The first-order valence-corrected chi connectivity index (χ1v) is 6.99. The summed E-state index contributed by atoms with van der Waals surface area (Å²) in [6.45, 7) is 6.24. The van der Waals surface area contributed by atoms with E-state index in [0.29, 0.717) is 17.3 Å². The summed E-state index contributed by atoms with van der Waals surface area (Å²) < 4.78 is 0. The van der Waals surface area contributed by atoms with Gasteiger partial charge in [0.15, 0.2) is 0 Å². The molecular weight excluding hydrogens is 250 g/mol. The molecule has 20 heavy (non-hydrogen) atoms. The zero-order chi connectivity index (χ0) is 14.7. The molecule has 1 heterocycles. The maximum Gasteiger partial charge on any atom is 0.270 e. The highest BCUT2D eigenvalue weighted by molar-refractivity contribution is 5.99. The SMILES string of the molecule is CCC(C)C(C)NC(=O)c1cc(N)c2ccccc2n1. The highest BCUT2D eigenvalue weighted by Crippen LogP contribution is 2.20. The van der Waals surface area contributed by atoms with Gasteiger partial charge in [-0.1, -0.05) is 38.5 Å². The summed E-state index contributed by atoms with van der Waals surface area (Å²) in [5.41, 5.74) is 7.69. The average Bonchev–Trinajstić information content (AvgIpc) is 2.46. The van der Waals surface area contributed by atoms with Crippen LogP contribution in [0, 0.1) is 5.92 Å². The number of nitrogens with one attached hydrogen (secondary N) is 1. The number of fused-ring (bicyclic) bond motifs is 1. The molecule has 0 aliphatic rings. The minimum absolute atomic E-state index is 0.113. The molecule has 2 unspecified atom stereocenters.